The smallest absolute Gasteiger partial charge is 0.268 e. The molecule has 132 valence electrons. The third kappa shape index (κ3) is 3.60. The van der Waals surface area contributed by atoms with E-state index in [0.717, 1.165) is 4.31 Å². The van der Waals surface area contributed by atoms with Crippen LogP contribution in [0, 0.1) is 0 Å². The highest BCUT2D eigenvalue weighted by Gasteiger charge is 2.31. The maximum atomic E-state index is 13.1. The van der Waals surface area contributed by atoms with Crippen LogP contribution in [0.15, 0.2) is 83.8 Å². The molecule has 0 fully saturated rings. The summed E-state index contributed by atoms with van der Waals surface area (Å²) in [4.78, 5) is 13.1. The van der Waals surface area contributed by atoms with Crippen molar-refractivity contribution in [2.24, 2.45) is 0 Å². The molecule has 0 unspecified atom stereocenters. The van der Waals surface area contributed by atoms with Crippen molar-refractivity contribution in [3.63, 3.8) is 0 Å². The summed E-state index contributed by atoms with van der Waals surface area (Å²) in [6.07, 6.45) is 0. The Morgan fingerprint density at radius 1 is 0.769 bits per heavy atom. The van der Waals surface area contributed by atoms with Crippen molar-refractivity contribution >= 4 is 44.8 Å². The molecule has 26 heavy (non-hydrogen) atoms. The van der Waals surface area contributed by atoms with Gasteiger partial charge in [-0.3, -0.25) is 4.79 Å². The lowest BCUT2D eigenvalue weighted by molar-refractivity contribution is 0.101. The molecule has 3 aromatic rings. The third-order valence-corrected chi connectivity index (χ3v) is 6.09. The molecule has 4 nitrogen and oxygen atoms in total. The van der Waals surface area contributed by atoms with Gasteiger partial charge in [0, 0.05) is 5.56 Å². The fraction of sp³-hybridized carbons (Fsp3) is 0. The van der Waals surface area contributed by atoms with Gasteiger partial charge < -0.3 is 0 Å². The largest absolute Gasteiger partial charge is 0.272 e. The zero-order valence-electron chi connectivity index (χ0n) is 13.3. The Balaban J connectivity index is 2.16. The molecule has 0 bridgehead atoms. The summed E-state index contributed by atoms with van der Waals surface area (Å²) in [5.74, 6) is -0.724. The zero-order valence-corrected chi connectivity index (χ0v) is 15.7. The maximum absolute atomic E-state index is 13.1. The first-order chi connectivity index (χ1) is 12.4. The van der Waals surface area contributed by atoms with Crippen LogP contribution in [0.1, 0.15) is 10.4 Å². The summed E-state index contributed by atoms with van der Waals surface area (Å²) >= 11 is 11.9. The molecule has 3 aromatic carbocycles. The molecule has 7 heteroatoms. The van der Waals surface area contributed by atoms with Crippen LogP contribution in [-0.4, -0.2) is 14.3 Å². The summed E-state index contributed by atoms with van der Waals surface area (Å²) in [6, 6.07) is 20.2. The number of hydrogen-bond acceptors (Lipinski definition) is 3. The van der Waals surface area contributed by atoms with Gasteiger partial charge in [0.2, 0.25) is 0 Å². The first-order valence-electron chi connectivity index (χ1n) is 7.56. The minimum Gasteiger partial charge on any atom is -0.268 e. The number of halogens is 2. The summed E-state index contributed by atoms with van der Waals surface area (Å²) in [6.45, 7) is 0. The van der Waals surface area contributed by atoms with Crippen LogP contribution in [0.25, 0.3) is 0 Å². The van der Waals surface area contributed by atoms with Gasteiger partial charge in [0.25, 0.3) is 15.9 Å². The molecule has 0 heterocycles. The molecule has 0 aromatic heterocycles. The number of rotatable bonds is 4. The van der Waals surface area contributed by atoms with Crippen LogP contribution in [0.5, 0.6) is 0 Å². The van der Waals surface area contributed by atoms with Gasteiger partial charge >= 0.3 is 0 Å². The fourth-order valence-corrected chi connectivity index (χ4v) is 4.11. The molecule has 3 rings (SSSR count). The number of sulfonamides is 1. The number of benzene rings is 3. The van der Waals surface area contributed by atoms with E-state index in [4.69, 9.17) is 23.2 Å². The predicted molar refractivity (Wildman–Crippen MR) is 103 cm³/mol. The lowest BCUT2D eigenvalue weighted by Gasteiger charge is -2.23. The highest BCUT2D eigenvalue weighted by atomic mass is 35.5. The normalized spacial score (nSPS) is 11.2. The van der Waals surface area contributed by atoms with E-state index in [1.165, 1.54) is 30.3 Å². The number of amides is 1. The van der Waals surface area contributed by atoms with Crippen molar-refractivity contribution in [2.75, 3.05) is 4.31 Å². The SMILES string of the molecule is O=C(c1ccc(Cl)c(Cl)c1)N(c1ccccc1)S(=O)(=O)c1ccccc1. The van der Waals surface area contributed by atoms with E-state index in [1.807, 2.05) is 0 Å². The molecule has 0 saturated heterocycles. The lowest BCUT2D eigenvalue weighted by atomic mass is 10.2. The summed E-state index contributed by atoms with van der Waals surface area (Å²) in [7, 11) is -4.12. The van der Waals surface area contributed by atoms with E-state index in [9.17, 15) is 13.2 Å². The van der Waals surface area contributed by atoms with Crippen LogP contribution in [0.2, 0.25) is 10.0 Å². The van der Waals surface area contributed by atoms with E-state index in [-0.39, 0.29) is 26.2 Å². The molecule has 1 amide bonds. The Morgan fingerprint density at radius 2 is 1.35 bits per heavy atom. The average molecular weight is 406 g/mol. The molecule has 0 aliphatic heterocycles. The number of hydrogen-bond donors (Lipinski definition) is 0. The van der Waals surface area contributed by atoms with Gasteiger partial charge in [-0.1, -0.05) is 59.6 Å². The summed E-state index contributed by atoms with van der Waals surface area (Å²) < 4.78 is 27.1. The monoisotopic (exact) mass is 405 g/mol. The van der Waals surface area contributed by atoms with E-state index in [2.05, 4.69) is 0 Å². The maximum Gasteiger partial charge on any atom is 0.272 e. The van der Waals surface area contributed by atoms with Gasteiger partial charge in [0.15, 0.2) is 0 Å². The molecule has 0 radical (unpaired) electrons. The fourth-order valence-electron chi connectivity index (χ4n) is 2.37. The summed E-state index contributed by atoms with van der Waals surface area (Å²) in [5.41, 5.74) is 0.343. The summed E-state index contributed by atoms with van der Waals surface area (Å²) in [5, 5.41) is 0.447. The predicted octanol–water partition coefficient (Wildman–Crippen LogP) is 5.03. The van der Waals surface area contributed by atoms with Gasteiger partial charge in [0.05, 0.1) is 20.6 Å². The van der Waals surface area contributed by atoms with E-state index >= 15 is 0 Å². The second kappa shape index (κ2) is 7.50. The molecule has 0 aliphatic rings. The van der Waals surface area contributed by atoms with E-state index < -0.39 is 15.9 Å². The number of para-hydroxylation sites is 1. The van der Waals surface area contributed by atoms with Crippen molar-refractivity contribution in [1.29, 1.82) is 0 Å². The highest BCUT2D eigenvalue weighted by molar-refractivity contribution is 7.93. The van der Waals surface area contributed by atoms with Crippen molar-refractivity contribution in [3.8, 4) is 0 Å². The van der Waals surface area contributed by atoms with Gasteiger partial charge in [-0.25, -0.2) is 8.42 Å². The highest BCUT2D eigenvalue weighted by Crippen LogP contribution is 2.28. The second-order valence-corrected chi connectivity index (χ2v) is 7.95. The number of nitrogens with zero attached hydrogens (tertiary/aromatic N) is 1. The van der Waals surface area contributed by atoms with Crippen LogP contribution in [0.3, 0.4) is 0 Å². The minimum atomic E-state index is -4.12. The molecular formula is C19H13Cl2NO3S. The Morgan fingerprint density at radius 3 is 1.92 bits per heavy atom. The van der Waals surface area contributed by atoms with Crippen molar-refractivity contribution < 1.29 is 13.2 Å². The Labute approximate surface area is 161 Å². The van der Waals surface area contributed by atoms with Crippen LogP contribution < -0.4 is 4.31 Å². The molecule has 0 aliphatic carbocycles. The van der Waals surface area contributed by atoms with Crippen LogP contribution in [-0.2, 0) is 10.0 Å². The third-order valence-electron chi connectivity index (χ3n) is 3.62. The zero-order chi connectivity index (χ0) is 18.7. The lowest BCUT2D eigenvalue weighted by Crippen LogP contribution is -2.37. The minimum absolute atomic E-state index is 0.0114. The quantitative estimate of drug-likeness (QED) is 0.611. The van der Waals surface area contributed by atoms with Gasteiger partial charge in [-0.2, -0.15) is 4.31 Å². The van der Waals surface area contributed by atoms with E-state index in [0.29, 0.717) is 0 Å². The van der Waals surface area contributed by atoms with Crippen molar-refractivity contribution in [3.05, 3.63) is 94.5 Å². The Bertz CT molecular complexity index is 1040. The molecule has 0 spiro atoms. The Hall–Kier alpha value is -2.34. The van der Waals surface area contributed by atoms with Crippen LogP contribution >= 0.6 is 23.2 Å². The first-order valence-corrected chi connectivity index (χ1v) is 9.75. The van der Waals surface area contributed by atoms with E-state index in [1.54, 1.807) is 48.5 Å². The van der Waals surface area contributed by atoms with Crippen LogP contribution in [0.4, 0.5) is 5.69 Å². The topological polar surface area (TPSA) is 54.5 Å². The second-order valence-electron chi connectivity index (χ2n) is 5.35. The average Bonchev–Trinajstić information content (AvgIpc) is 2.65. The molecule has 0 saturated carbocycles. The van der Waals surface area contributed by atoms with Crippen molar-refractivity contribution in [1.82, 2.24) is 0 Å². The number of anilines is 1. The van der Waals surface area contributed by atoms with Gasteiger partial charge in [0.1, 0.15) is 0 Å². The van der Waals surface area contributed by atoms with Crippen molar-refractivity contribution in [2.45, 2.75) is 4.90 Å². The van der Waals surface area contributed by atoms with Gasteiger partial charge in [-0.05, 0) is 42.5 Å². The number of carbonyl (C=O) groups is 1. The molecule has 0 N–H and O–H groups in total. The first kappa shape index (κ1) is 18.5. The standard InChI is InChI=1S/C19H13Cl2NO3S/c20-17-12-11-14(13-18(17)21)19(23)22(15-7-3-1-4-8-15)26(24,25)16-9-5-2-6-10-16/h1-13H. The Kier molecular flexibility index (Phi) is 5.32. The number of carbonyl (C=O) groups excluding carboxylic acids is 1. The molecule has 0 atom stereocenters. The van der Waals surface area contributed by atoms with Gasteiger partial charge in [-0.15, -0.1) is 0 Å². The molecular weight excluding hydrogens is 393 g/mol.